The monoisotopic (exact) mass is 245 g/mol. The molecule has 1 aromatic rings. The Labute approximate surface area is 86.6 Å². The summed E-state index contributed by atoms with van der Waals surface area (Å²) in [4.78, 5) is 0. The van der Waals surface area contributed by atoms with Gasteiger partial charge in [-0.2, -0.15) is 13.2 Å². The topological polar surface area (TPSA) is 26.0 Å². The van der Waals surface area contributed by atoms with Crippen LogP contribution in [0, 0.1) is 11.6 Å². The number of hydrogen-bond donors (Lipinski definition) is 1. The minimum atomic E-state index is -4.76. The van der Waals surface area contributed by atoms with Crippen molar-refractivity contribution in [2.45, 2.75) is 12.2 Å². The molecule has 0 amide bonds. The van der Waals surface area contributed by atoms with Gasteiger partial charge in [0.05, 0.1) is 0 Å². The Morgan fingerprint density at radius 2 is 1.53 bits per heavy atom. The van der Waals surface area contributed by atoms with Gasteiger partial charge in [-0.25, -0.2) is 8.78 Å². The van der Waals surface area contributed by atoms with E-state index in [0.29, 0.717) is 12.1 Å². The van der Waals surface area contributed by atoms with Crippen molar-refractivity contribution in [3.8, 4) is 0 Å². The van der Waals surface area contributed by atoms with Crippen LogP contribution in [0.3, 0.4) is 0 Å². The van der Waals surface area contributed by atoms with Crippen LogP contribution < -0.4 is 5.73 Å². The molecule has 0 aliphatic rings. The lowest BCUT2D eigenvalue weighted by molar-refractivity contribution is -0.149. The largest absolute Gasteiger partial charge is 0.407 e. The van der Waals surface area contributed by atoms with Crippen molar-refractivity contribution >= 4 is 11.6 Å². The predicted octanol–water partition coefficient (Wildman–Crippen LogP) is 3.18. The summed E-state index contributed by atoms with van der Waals surface area (Å²) < 4.78 is 61.9. The predicted molar refractivity (Wildman–Crippen MR) is 44.4 cm³/mol. The molecule has 0 aromatic heterocycles. The van der Waals surface area contributed by atoms with Crippen LogP contribution in [-0.2, 0) is 0 Å². The molecule has 1 atom stereocenters. The molecule has 0 heterocycles. The molecule has 0 radical (unpaired) electrons. The molecule has 7 heteroatoms. The normalized spacial score (nSPS) is 14.1. The fourth-order valence-electron chi connectivity index (χ4n) is 0.944. The molecule has 15 heavy (non-hydrogen) atoms. The molecule has 0 spiro atoms. The van der Waals surface area contributed by atoms with E-state index >= 15 is 0 Å². The van der Waals surface area contributed by atoms with E-state index < -0.39 is 34.4 Å². The molecule has 0 fully saturated rings. The van der Waals surface area contributed by atoms with E-state index in [-0.39, 0.29) is 0 Å². The van der Waals surface area contributed by atoms with Crippen molar-refractivity contribution in [2.75, 3.05) is 0 Å². The van der Waals surface area contributed by atoms with Crippen molar-refractivity contribution in [2.24, 2.45) is 5.73 Å². The SMILES string of the molecule is N[C@@H](c1cc(F)c(Cl)c(F)c1)C(F)(F)F. The van der Waals surface area contributed by atoms with Gasteiger partial charge < -0.3 is 5.73 Å². The molecule has 0 aliphatic carbocycles. The highest BCUT2D eigenvalue weighted by Gasteiger charge is 2.38. The van der Waals surface area contributed by atoms with E-state index in [1.54, 1.807) is 0 Å². The number of hydrogen-bond acceptors (Lipinski definition) is 1. The molecular formula is C8H5ClF5N. The molecule has 2 N–H and O–H groups in total. The minimum absolute atomic E-state index is 0.462. The van der Waals surface area contributed by atoms with Gasteiger partial charge in [0.2, 0.25) is 0 Å². The molecular weight excluding hydrogens is 241 g/mol. The average Bonchev–Trinajstić information content (AvgIpc) is 2.10. The molecule has 0 saturated heterocycles. The average molecular weight is 246 g/mol. The van der Waals surface area contributed by atoms with Crippen LogP contribution in [-0.4, -0.2) is 6.18 Å². The Morgan fingerprint density at radius 1 is 1.13 bits per heavy atom. The molecule has 0 aliphatic heterocycles. The summed E-state index contributed by atoms with van der Waals surface area (Å²) in [5, 5.41) is -0.854. The quantitative estimate of drug-likeness (QED) is 0.597. The summed E-state index contributed by atoms with van der Waals surface area (Å²) in [6, 6.07) is -1.51. The van der Waals surface area contributed by atoms with Gasteiger partial charge in [-0.05, 0) is 17.7 Å². The van der Waals surface area contributed by atoms with Crippen LogP contribution >= 0.6 is 11.6 Å². The van der Waals surface area contributed by atoms with Gasteiger partial charge in [0.1, 0.15) is 22.7 Å². The number of rotatable bonds is 1. The van der Waals surface area contributed by atoms with Gasteiger partial charge in [-0.1, -0.05) is 11.6 Å². The van der Waals surface area contributed by atoms with Crippen LogP contribution in [0.4, 0.5) is 22.0 Å². The van der Waals surface area contributed by atoms with Gasteiger partial charge >= 0.3 is 6.18 Å². The van der Waals surface area contributed by atoms with E-state index in [0.717, 1.165) is 0 Å². The third-order valence-corrected chi connectivity index (χ3v) is 2.08. The van der Waals surface area contributed by atoms with Gasteiger partial charge in [-0.3, -0.25) is 0 Å². The fourth-order valence-corrected chi connectivity index (χ4v) is 1.05. The van der Waals surface area contributed by atoms with Crippen LogP contribution in [0.15, 0.2) is 12.1 Å². The molecule has 84 valence electrons. The van der Waals surface area contributed by atoms with Crippen LogP contribution in [0.25, 0.3) is 0 Å². The zero-order valence-electron chi connectivity index (χ0n) is 7.08. The molecule has 0 unspecified atom stereocenters. The Kier molecular flexibility index (Phi) is 3.20. The summed E-state index contributed by atoms with van der Waals surface area (Å²) in [7, 11) is 0. The van der Waals surface area contributed by atoms with Gasteiger partial charge in [0.15, 0.2) is 0 Å². The third-order valence-electron chi connectivity index (χ3n) is 1.72. The number of benzene rings is 1. The maximum absolute atomic E-state index is 12.8. The first-order valence-electron chi connectivity index (χ1n) is 3.70. The maximum Gasteiger partial charge on any atom is 0.407 e. The molecule has 0 saturated carbocycles. The summed E-state index contributed by atoms with van der Waals surface area (Å²) in [5.74, 6) is -2.54. The highest BCUT2D eigenvalue weighted by Crippen LogP contribution is 2.32. The van der Waals surface area contributed by atoms with Gasteiger partial charge in [0.25, 0.3) is 0 Å². The number of alkyl halides is 3. The Hall–Kier alpha value is -0.880. The number of nitrogens with two attached hydrogens (primary N) is 1. The molecule has 0 bridgehead atoms. The van der Waals surface area contributed by atoms with Crippen molar-refractivity contribution < 1.29 is 22.0 Å². The highest BCUT2D eigenvalue weighted by molar-refractivity contribution is 6.30. The standard InChI is InChI=1S/C8H5ClF5N/c9-6-4(10)1-3(2-5(6)11)7(15)8(12,13)14/h1-2,7H,15H2/t7-/m0/s1. The van der Waals surface area contributed by atoms with Crippen LogP contribution in [0.1, 0.15) is 11.6 Å². The highest BCUT2D eigenvalue weighted by atomic mass is 35.5. The summed E-state index contributed by atoms with van der Waals surface area (Å²) in [6.45, 7) is 0. The third kappa shape index (κ3) is 2.57. The first-order valence-corrected chi connectivity index (χ1v) is 4.08. The van der Waals surface area contributed by atoms with Crippen LogP contribution in [0.2, 0.25) is 5.02 Å². The summed E-state index contributed by atoms with van der Waals surface area (Å²) >= 11 is 5.10. The van der Waals surface area contributed by atoms with E-state index in [4.69, 9.17) is 17.3 Å². The Balaban J connectivity index is 3.17. The Bertz CT molecular complexity index is 353. The second-order valence-corrected chi connectivity index (χ2v) is 3.20. The minimum Gasteiger partial charge on any atom is -0.316 e. The summed E-state index contributed by atoms with van der Waals surface area (Å²) in [5.41, 5.74) is 4.05. The lowest BCUT2D eigenvalue weighted by atomic mass is 10.1. The van der Waals surface area contributed by atoms with Crippen molar-refractivity contribution in [1.29, 1.82) is 0 Å². The van der Waals surface area contributed by atoms with Crippen molar-refractivity contribution in [3.05, 3.63) is 34.4 Å². The zero-order chi connectivity index (χ0) is 11.8. The fraction of sp³-hybridized carbons (Fsp3) is 0.250. The van der Waals surface area contributed by atoms with Gasteiger partial charge in [0, 0.05) is 0 Å². The molecule has 1 aromatic carbocycles. The van der Waals surface area contributed by atoms with E-state index in [1.165, 1.54) is 0 Å². The molecule has 1 rings (SSSR count). The smallest absolute Gasteiger partial charge is 0.316 e. The maximum atomic E-state index is 12.8. The first-order chi connectivity index (χ1) is 6.73. The van der Waals surface area contributed by atoms with E-state index in [9.17, 15) is 22.0 Å². The van der Waals surface area contributed by atoms with E-state index in [2.05, 4.69) is 0 Å². The van der Waals surface area contributed by atoms with Crippen LogP contribution in [0.5, 0.6) is 0 Å². The number of halogens is 6. The Morgan fingerprint density at radius 3 is 1.87 bits per heavy atom. The second-order valence-electron chi connectivity index (χ2n) is 2.82. The molecule has 1 nitrogen and oxygen atoms in total. The van der Waals surface area contributed by atoms with Crippen molar-refractivity contribution in [3.63, 3.8) is 0 Å². The lowest BCUT2D eigenvalue weighted by Crippen LogP contribution is -2.28. The second kappa shape index (κ2) is 3.94. The summed E-state index contributed by atoms with van der Waals surface area (Å²) in [6.07, 6.45) is -4.76. The first kappa shape index (κ1) is 12.2. The van der Waals surface area contributed by atoms with Crippen molar-refractivity contribution in [1.82, 2.24) is 0 Å². The van der Waals surface area contributed by atoms with E-state index in [1.807, 2.05) is 0 Å². The zero-order valence-corrected chi connectivity index (χ0v) is 7.83. The lowest BCUT2D eigenvalue weighted by Gasteiger charge is -2.16. The van der Waals surface area contributed by atoms with Gasteiger partial charge in [-0.15, -0.1) is 0 Å².